The Balaban J connectivity index is 2.31. The number of hydrogen-bond donors (Lipinski definition) is 1. The van der Waals surface area contributed by atoms with E-state index in [0.29, 0.717) is 12.5 Å². The molecule has 1 amide bonds. The van der Waals surface area contributed by atoms with Gasteiger partial charge in [-0.2, -0.15) is 0 Å². The molecule has 4 nitrogen and oxygen atoms in total. The summed E-state index contributed by atoms with van der Waals surface area (Å²) in [5, 5.41) is 8.36. The molecule has 0 radical (unpaired) electrons. The van der Waals surface area contributed by atoms with Gasteiger partial charge in [0, 0.05) is 13.6 Å². The van der Waals surface area contributed by atoms with Crippen LogP contribution in [-0.4, -0.2) is 35.5 Å². The maximum atomic E-state index is 10.8. The molecule has 0 spiro atoms. The fraction of sp³-hybridized carbons (Fsp3) is 0.750. The van der Waals surface area contributed by atoms with Crippen molar-refractivity contribution in [2.45, 2.75) is 19.3 Å². The summed E-state index contributed by atoms with van der Waals surface area (Å²) in [5.74, 6) is -1.64. The number of aliphatic carboxylic acids is 1. The predicted molar refractivity (Wildman–Crippen MR) is 42.6 cm³/mol. The Bertz CT molecular complexity index is 198. The maximum absolute atomic E-state index is 10.8. The molecular formula is C8H13NO3. The van der Waals surface area contributed by atoms with E-state index in [0.717, 1.165) is 12.8 Å². The number of carboxylic acid groups (broad SMARTS) is 1. The lowest BCUT2D eigenvalue weighted by atomic mass is 9.85. The minimum absolute atomic E-state index is 0.526. The van der Waals surface area contributed by atoms with Gasteiger partial charge < -0.3 is 10.0 Å². The zero-order valence-corrected chi connectivity index (χ0v) is 7.12. The molecule has 1 N–H and O–H groups in total. The Hall–Kier alpha value is -1.06. The zero-order valence-electron chi connectivity index (χ0n) is 7.12. The molecule has 0 aliphatic heterocycles. The number of carbonyl (C=O) groups is 2. The van der Waals surface area contributed by atoms with Gasteiger partial charge in [-0.05, 0) is 18.8 Å². The van der Waals surface area contributed by atoms with Crippen LogP contribution in [0.2, 0.25) is 0 Å². The summed E-state index contributed by atoms with van der Waals surface area (Å²) in [4.78, 5) is 22.4. The molecule has 0 bridgehead atoms. The van der Waals surface area contributed by atoms with Crippen LogP contribution in [0.4, 0.5) is 0 Å². The van der Waals surface area contributed by atoms with E-state index < -0.39 is 11.9 Å². The van der Waals surface area contributed by atoms with E-state index in [4.69, 9.17) is 5.11 Å². The highest BCUT2D eigenvalue weighted by atomic mass is 16.4. The Kier molecular flexibility index (Phi) is 2.68. The topological polar surface area (TPSA) is 57.6 Å². The second-order valence-corrected chi connectivity index (χ2v) is 3.29. The molecule has 0 atom stereocenters. The summed E-state index contributed by atoms with van der Waals surface area (Å²) in [6.07, 6.45) is 3.45. The first kappa shape index (κ1) is 9.03. The van der Waals surface area contributed by atoms with Crippen LogP contribution in [0.15, 0.2) is 0 Å². The molecule has 1 aliphatic rings. The first-order valence-electron chi connectivity index (χ1n) is 4.09. The molecular weight excluding hydrogens is 158 g/mol. The van der Waals surface area contributed by atoms with Crippen LogP contribution in [0.25, 0.3) is 0 Å². The van der Waals surface area contributed by atoms with Crippen molar-refractivity contribution >= 4 is 11.9 Å². The largest absolute Gasteiger partial charge is 0.474 e. The normalized spacial score (nSPS) is 16.8. The smallest absolute Gasteiger partial charge is 0.394 e. The average Bonchev–Trinajstić information content (AvgIpc) is 1.94. The first-order chi connectivity index (χ1) is 5.61. The van der Waals surface area contributed by atoms with E-state index in [-0.39, 0.29) is 0 Å². The molecule has 68 valence electrons. The predicted octanol–water partition coefficient (Wildman–Crippen LogP) is 0.329. The van der Waals surface area contributed by atoms with Crippen LogP contribution in [-0.2, 0) is 9.59 Å². The van der Waals surface area contributed by atoms with E-state index in [2.05, 4.69) is 0 Å². The SMILES string of the molecule is CN(CC1CCC1)C(=O)C(=O)O. The van der Waals surface area contributed by atoms with Crippen molar-refractivity contribution in [3.8, 4) is 0 Å². The fourth-order valence-electron chi connectivity index (χ4n) is 1.31. The van der Waals surface area contributed by atoms with Crippen molar-refractivity contribution < 1.29 is 14.7 Å². The quantitative estimate of drug-likeness (QED) is 0.609. The second kappa shape index (κ2) is 3.56. The molecule has 1 fully saturated rings. The number of nitrogens with zero attached hydrogens (tertiary/aromatic N) is 1. The van der Waals surface area contributed by atoms with Crippen LogP contribution in [0.1, 0.15) is 19.3 Å². The summed E-state index contributed by atoms with van der Waals surface area (Å²) < 4.78 is 0. The standard InChI is InChI=1S/C8H13NO3/c1-9(7(10)8(11)12)5-6-3-2-4-6/h6H,2-5H2,1H3,(H,11,12). The molecule has 0 aromatic rings. The molecule has 12 heavy (non-hydrogen) atoms. The van der Waals surface area contributed by atoms with Gasteiger partial charge >= 0.3 is 11.9 Å². The third-order valence-corrected chi connectivity index (χ3v) is 2.29. The number of amides is 1. The van der Waals surface area contributed by atoms with E-state index in [1.807, 2.05) is 0 Å². The number of likely N-dealkylation sites (N-methyl/N-ethyl adjacent to an activating group) is 1. The van der Waals surface area contributed by atoms with Crippen molar-refractivity contribution in [1.29, 1.82) is 0 Å². The third kappa shape index (κ3) is 1.96. The molecule has 0 heterocycles. The molecule has 4 heteroatoms. The summed E-state index contributed by atoms with van der Waals surface area (Å²) in [7, 11) is 1.54. The van der Waals surface area contributed by atoms with Gasteiger partial charge in [-0.25, -0.2) is 4.79 Å². The maximum Gasteiger partial charge on any atom is 0.394 e. The number of rotatable bonds is 2. The average molecular weight is 171 g/mol. The summed E-state index contributed by atoms with van der Waals surface area (Å²) in [6.45, 7) is 0.588. The van der Waals surface area contributed by atoms with Gasteiger partial charge in [0.1, 0.15) is 0 Å². The van der Waals surface area contributed by atoms with Gasteiger partial charge in [-0.15, -0.1) is 0 Å². The zero-order chi connectivity index (χ0) is 9.14. The van der Waals surface area contributed by atoms with Crippen LogP contribution < -0.4 is 0 Å². The number of carbonyl (C=O) groups excluding carboxylic acids is 1. The summed E-state index contributed by atoms with van der Waals surface area (Å²) >= 11 is 0. The second-order valence-electron chi connectivity index (χ2n) is 3.29. The summed E-state index contributed by atoms with van der Waals surface area (Å²) in [6, 6.07) is 0. The minimum Gasteiger partial charge on any atom is -0.474 e. The Morgan fingerprint density at radius 3 is 2.42 bits per heavy atom. The highest BCUT2D eigenvalue weighted by Crippen LogP contribution is 2.26. The lowest BCUT2D eigenvalue weighted by Crippen LogP contribution is -2.38. The van der Waals surface area contributed by atoms with Crippen LogP contribution >= 0.6 is 0 Å². The first-order valence-corrected chi connectivity index (χ1v) is 4.09. The van der Waals surface area contributed by atoms with Crippen molar-refractivity contribution in [1.82, 2.24) is 4.90 Å². The van der Waals surface area contributed by atoms with Crippen molar-refractivity contribution in [3.05, 3.63) is 0 Å². The van der Waals surface area contributed by atoms with Gasteiger partial charge in [-0.1, -0.05) is 6.42 Å². The Labute approximate surface area is 71.2 Å². The van der Waals surface area contributed by atoms with Crippen molar-refractivity contribution in [3.63, 3.8) is 0 Å². The molecule has 1 rings (SSSR count). The molecule has 0 saturated heterocycles. The van der Waals surface area contributed by atoms with E-state index in [1.54, 1.807) is 0 Å². The lowest BCUT2D eigenvalue weighted by molar-refractivity contribution is -0.155. The molecule has 1 saturated carbocycles. The van der Waals surface area contributed by atoms with E-state index >= 15 is 0 Å². The van der Waals surface area contributed by atoms with Gasteiger partial charge in [0.05, 0.1) is 0 Å². The van der Waals surface area contributed by atoms with Crippen LogP contribution in [0.5, 0.6) is 0 Å². The molecule has 0 aromatic heterocycles. The van der Waals surface area contributed by atoms with Gasteiger partial charge in [0.15, 0.2) is 0 Å². The lowest BCUT2D eigenvalue weighted by Gasteiger charge is -2.29. The summed E-state index contributed by atoms with van der Waals surface area (Å²) in [5.41, 5.74) is 0. The third-order valence-electron chi connectivity index (χ3n) is 2.29. The van der Waals surface area contributed by atoms with Crippen molar-refractivity contribution in [2.75, 3.05) is 13.6 Å². The molecule has 0 unspecified atom stereocenters. The van der Waals surface area contributed by atoms with Crippen LogP contribution in [0, 0.1) is 5.92 Å². The van der Waals surface area contributed by atoms with E-state index in [1.165, 1.54) is 18.4 Å². The Morgan fingerprint density at radius 2 is 2.08 bits per heavy atom. The van der Waals surface area contributed by atoms with Gasteiger partial charge in [0.25, 0.3) is 0 Å². The highest BCUT2D eigenvalue weighted by molar-refractivity contribution is 6.31. The monoisotopic (exact) mass is 171 g/mol. The number of carboxylic acids is 1. The minimum atomic E-state index is -1.36. The fourth-order valence-corrected chi connectivity index (χ4v) is 1.31. The number of hydrogen-bond acceptors (Lipinski definition) is 2. The van der Waals surface area contributed by atoms with Gasteiger partial charge in [0.2, 0.25) is 0 Å². The van der Waals surface area contributed by atoms with Crippen LogP contribution in [0.3, 0.4) is 0 Å². The van der Waals surface area contributed by atoms with E-state index in [9.17, 15) is 9.59 Å². The van der Waals surface area contributed by atoms with Gasteiger partial charge in [-0.3, -0.25) is 4.79 Å². The Morgan fingerprint density at radius 1 is 1.50 bits per heavy atom. The highest BCUT2D eigenvalue weighted by Gasteiger charge is 2.24. The molecule has 1 aliphatic carbocycles. The van der Waals surface area contributed by atoms with Crippen molar-refractivity contribution in [2.24, 2.45) is 5.92 Å². The molecule has 0 aromatic carbocycles.